The first-order chi connectivity index (χ1) is 8.81. The minimum absolute atomic E-state index is 0.266. The maximum atomic E-state index is 12.5. The number of alkyl halides is 3. The van der Waals surface area contributed by atoms with E-state index in [0.717, 1.165) is 37.0 Å². The predicted octanol–water partition coefficient (Wildman–Crippen LogP) is 4.16. The van der Waals surface area contributed by atoms with E-state index in [1.807, 2.05) is 0 Å². The molecule has 1 aromatic rings. The van der Waals surface area contributed by atoms with E-state index in [1.54, 1.807) is 12.1 Å². The molecule has 19 heavy (non-hydrogen) atoms. The SMILES string of the molecule is CC1CCCCC1(N)Cc1ccc(C(F)(F)F)cc1. The first kappa shape index (κ1) is 14.4. The van der Waals surface area contributed by atoms with Crippen LogP contribution in [0.5, 0.6) is 0 Å². The Hall–Kier alpha value is -1.03. The van der Waals surface area contributed by atoms with E-state index >= 15 is 0 Å². The highest BCUT2D eigenvalue weighted by atomic mass is 19.4. The number of hydrogen-bond donors (Lipinski definition) is 1. The second-order valence-electron chi connectivity index (χ2n) is 5.75. The second-order valence-corrected chi connectivity index (χ2v) is 5.75. The van der Waals surface area contributed by atoms with Crippen LogP contribution in [-0.2, 0) is 12.6 Å². The van der Waals surface area contributed by atoms with Gasteiger partial charge in [0.25, 0.3) is 0 Å². The number of nitrogens with two attached hydrogens (primary N) is 1. The van der Waals surface area contributed by atoms with Gasteiger partial charge in [0.2, 0.25) is 0 Å². The molecule has 0 aromatic heterocycles. The molecule has 2 rings (SSSR count). The summed E-state index contributed by atoms with van der Waals surface area (Å²) in [6.07, 6.45) is 0.768. The zero-order valence-electron chi connectivity index (χ0n) is 11.1. The fourth-order valence-electron chi connectivity index (χ4n) is 2.89. The Labute approximate surface area is 112 Å². The standard InChI is InChI=1S/C15H20F3N/c1-11-4-2-3-9-14(11,19)10-12-5-7-13(8-6-12)15(16,17)18/h5-8,11H,2-4,9-10,19H2,1H3. The molecule has 0 saturated heterocycles. The van der Waals surface area contributed by atoms with Crippen molar-refractivity contribution in [1.82, 2.24) is 0 Å². The molecule has 2 N–H and O–H groups in total. The van der Waals surface area contributed by atoms with Crippen molar-refractivity contribution in [2.24, 2.45) is 11.7 Å². The molecule has 0 spiro atoms. The molecule has 2 unspecified atom stereocenters. The summed E-state index contributed by atoms with van der Waals surface area (Å²) in [6.45, 7) is 2.14. The molecule has 0 heterocycles. The van der Waals surface area contributed by atoms with Gasteiger partial charge in [-0.1, -0.05) is 31.9 Å². The smallest absolute Gasteiger partial charge is 0.325 e. The Morgan fingerprint density at radius 2 is 1.84 bits per heavy atom. The van der Waals surface area contributed by atoms with Crippen molar-refractivity contribution in [2.45, 2.75) is 50.7 Å². The van der Waals surface area contributed by atoms with Crippen molar-refractivity contribution in [3.05, 3.63) is 35.4 Å². The van der Waals surface area contributed by atoms with Crippen LogP contribution >= 0.6 is 0 Å². The van der Waals surface area contributed by atoms with Crippen molar-refractivity contribution in [1.29, 1.82) is 0 Å². The van der Waals surface area contributed by atoms with Crippen molar-refractivity contribution in [2.75, 3.05) is 0 Å². The van der Waals surface area contributed by atoms with E-state index in [1.165, 1.54) is 6.42 Å². The van der Waals surface area contributed by atoms with Gasteiger partial charge in [-0.15, -0.1) is 0 Å². The third-order valence-electron chi connectivity index (χ3n) is 4.33. The zero-order chi connectivity index (χ0) is 14.1. The summed E-state index contributed by atoms with van der Waals surface area (Å²) in [5, 5.41) is 0. The van der Waals surface area contributed by atoms with Crippen LogP contribution in [0.25, 0.3) is 0 Å². The minimum atomic E-state index is -4.27. The first-order valence-electron chi connectivity index (χ1n) is 6.76. The highest BCUT2D eigenvalue weighted by Gasteiger charge is 2.35. The average molecular weight is 271 g/mol. The largest absolute Gasteiger partial charge is 0.416 e. The van der Waals surface area contributed by atoms with Crippen LogP contribution in [-0.4, -0.2) is 5.54 Å². The summed E-state index contributed by atoms with van der Waals surface area (Å²) in [7, 11) is 0. The van der Waals surface area contributed by atoms with Gasteiger partial charge in [-0.3, -0.25) is 0 Å². The fourth-order valence-corrected chi connectivity index (χ4v) is 2.89. The molecule has 106 valence electrons. The molecule has 1 saturated carbocycles. The normalized spacial score (nSPS) is 28.4. The van der Waals surface area contributed by atoms with Gasteiger partial charge < -0.3 is 5.73 Å². The zero-order valence-corrected chi connectivity index (χ0v) is 11.1. The molecular formula is C15H20F3N. The molecule has 0 bridgehead atoms. The van der Waals surface area contributed by atoms with Crippen LogP contribution in [0.3, 0.4) is 0 Å². The Kier molecular flexibility index (Phi) is 3.90. The topological polar surface area (TPSA) is 26.0 Å². The Morgan fingerprint density at radius 1 is 1.21 bits per heavy atom. The molecule has 2 atom stereocenters. The van der Waals surface area contributed by atoms with Crippen LogP contribution in [0.2, 0.25) is 0 Å². The summed E-state index contributed by atoms with van der Waals surface area (Å²) < 4.78 is 37.5. The second kappa shape index (κ2) is 5.16. The summed E-state index contributed by atoms with van der Waals surface area (Å²) in [6, 6.07) is 5.40. The Bertz CT molecular complexity index is 424. The molecule has 1 fully saturated rings. The molecule has 0 aliphatic heterocycles. The lowest BCUT2D eigenvalue weighted by atomic mass is 9.71. The van der Waals surface area contributed by atoms with E-state index in [2.05, 4.69) is 6.92 Å². The van der Waals surface area contributed by atoms with E-state index in [4.69, 9.17) is 5.73 Å². The maximum absolute atomic E-state index is 12.5. The summed E-state index contributed by atoms with van der Waals surface area (Å²) in [5.74, 6) is 0.420. The third-order valence-corrected chi connectivity index (χ3v) is 4.33. The van der Waals surface area contributed by atoms with Gasteiger partial charge in [0.1, 0.15) is 0 Å². The van der Waals surface area contributed by atoms with Gasteiger partial charge in [-0.05, 0) is 42.9 Å². The van der Waals surface area contributed by atoms with Crippen LogP contribution in [0.1, 0.15) is 43.7 Å². The van der Waals surface area contributed by atoms with Gasteiger partial charge >= 0.3 is 6.18 Å². The number of hydrogen-bond acceptors (Lipinski definition) is 1. The van der Waals surface area contributed by atoms with Crippen LogP contribution in [0, 0.1) is 5.92 Å². The number of rotatable bonds is 2. The van der Waals surface area contributed by atoms with Gasteiger partial charge in [0, 0.05) is 5.54 Å². The molecule has 1 aliphatic carbocycles. The highest BCUT2D eigenvalue weighted by molar-refractivity contribution is 5.26. The highest BCUT2D eigenvalue weighted by Crippen LogP contribution is 2.35. The Balaban J connectivity index is 2.11. The van der Waals surface area contributed by atoms with Gasteiger partial charge in [-0.2, -0.15) is 13.2 Å². The summed E-state index contributed by atoms with van der Waals surface area (Å²) in [4.78, 5) is 0. The number of benzene rings is 1. The van der Waals surface area contributed by atoms with Gasteiger partial charge in [0.15, 0.2) is 0 Å². The lowest BCUT2D eigenvalue weighted by molar-refractivity contribution is -0.137. The third kappa shape index (κ3) is 3.30. The molecule has 1 aromatic carbocycles. The molecule has 0 amide bonds. The van der Waals surface area contributed by atoms with E-state index in [-0.39, 0.29) is 5.54 Å². The van der Waals surface area contributed by atoms with Crippen molar-refractivity contribution in [3.8, 4) is 0 Å². The van der Waals surface area contributed by atoms with Gasteiger partial charge in [-0.25, -0.2) is 0 Å². The summed E-state index contributed by atoms with van der Waals surface area (Å²) >= 11 is 0. The summed E-state index contributed by atoms with van der Waals surface area (Å²) in [5.41, 5.74) is 6.47. The monoisotopic (exact) mass is 271 g/mol. The molecule has 1 nitrogen and oxygen atoms in total. The quantitative estimate of drug-likeness (QED) is 0.859. The lowest BCUT2D eigenvalue weighted by Crippen LogP contribution is -2.49. The van der Waals surface area contributed by atoms with Crippen molar-refractivity contribution < 1.29 is 13.2 Å². The maximum Gasteiger partial charge on any atom is 0.416 e. The Morgan fingerprint density at radius 3 is 2.37 bits per heavy atom. The molecule has 0 radical (unpaired) electrons. The van der Waals surface area contributed by atoms with Crippen molar-refractivity contribution >= 4 is 0 Å². The first-order valence-corrected chi connectivity index (χ1v) is 6.76. The van der Waals surface area contributed by atoms with Crippen LogP contribution in [0.4, 0.5) is 13.2 Å². The minimum Gasteiger partial charge on any atom is -0.325 e. The molecule has 4 heteroatoms. The van der Waals surface area contributed by atoms with Crippen LogP contribution < -0.4 is 5.73 Å². The molecule has 1 aliphatic rings. The lowest BCUT2D eigenvalue weighted by Gasteiger charge is -2.39. The van der Waals surface area contributed by atoms with E-state index < -0.39 is 11.7 Å². The van der Waals surface area contributed by atoms with Crippen LogP contribution in [0.15, 0.2) is 24.3 Å². The van der Waals surface area contributed by atoms with Gasteiger partial charge in [0.05, 0.1) is 5.56 Å². The predicted molar refractivity (Wildman–Crippen MR) is 69.7 cm³/mol. The van der Waals surface area contributed by atoms with Crippen molar-refractivity contribution in [3.63, 3.8) is 0 Å². The number of halogens is 3. The van der Waals surface area contributed by atoms with E-state index in [0.29, 0.717) is 12.3 Å². The fraction of sp³-hybridized carbons (Fsp3) is 0.600. The average Bonchev–Trinajstić information content (AvgIpc) is 2.33. The molecular weight excluding hydrogens is 251 g/mol. The van der Waals surface area contributed by atoms with E-state index in [9.17, 15) is 13.2 Å².